The number of rotatable bonds is 4. The SMILES string of the molecule is C=C(C)CCCOC(=O)C(C)(C)C. The van der Waals surface area contributed by atoms with Crippen molar-refractivity contribution < 1.29 is 9.53 Å². The van der Waals surface area contributed by atoms with Gasteiger partial charge in [-0.15, -0.1) is 6.58 Å². The Morgan fingerprint density at radius 2 is 1.92 bits per heavy atom. The van der Waals surface area contributed by atoms with E-state index >= 15 is 0 Å². The molecule has 0 aromatic heterocycles. The summed E-state index contributed by atoms with van der Waals surface area (Å²) >= 11 is 0. The van der Waals surface area contributed by atoms with E-state index in [-0.39, 0.29) is 11.4 Å². The van der Waals surface area contributed by atoms with Crippen LogP contribution in [0.1, 0.15) is 40.5 Å². The Kier molecular flexibility index (Phi) is 4.74. The van der Waals surface area contributed by atoms with Crippen LogP contribution in [0.4, 0.5) is 0 Å². The molecule has 0 N–H and O–H groups in total. The molecule has 0 radical (unpaired) electrons. The summed E-state index contributed by atoms with van der Waals surface area (Å²) in [5.74, 6) is -0.130. The monoisotopic (exact) mass is 184 g/mol. The number of allylic oxidation sites excluding steroid dienone is 1. The van der Waals surface area contributed by atoms with Crippen molar-refractivity contribution in [2.24, 2.45) is 5.41 Å². The fraction of sp³-hybridized carbons (Fsp3) is 0.727. The molecule has 0 aliphatic heterocycles. The van der Waals surface area contributed by atoms with Crippen LogP contribution in [0.2, 0.25) is 0 Å². The van der Waals surface area contributed by atoms with Gasteiger partial charge in [-0.05, 0) is 40.5 Å². The van der Waals surface area contributed by atoms with Gasteiger partial charge in [-0.3, -0.25) is 4.79 Å². The molecule has 0 saturated heterocycles. The third kappa shape index (κ3) is 6.38. The van der Waals surface area contributed by atoms with Crippen LogP contribution in [0.3, 0.4) is 0 Å². The highest BCUT2D eigenvalue weighted by Gasteiger charge is 2.22. The molecule has 2 nitrogen and oxygen atoms in total. The summed E-state index contributed by atoms with van der Waals surface area (Å²) in [6, 6.07) is 0. The van der Waals surface area contributed by atoms with E-state index in [9.17, 15) is 4.79 Å². The lowest BCUT2D eigenvalue weighted by Gasteiger charge is -2.16. The summed E-state index contributed by atoms with van der Waals surface area (Å²) in [5, 5.41) is 0. The molecule has 13 heavy (non-hydrogen) atoms. The standard InChI is InChI=1S/C11H20O2/c1-9(2)7-6-8-13-10(12)11(3,4)5/h1,6-8H2,2-5H3. The Hall–Kier alpha value is -0.790. The number of hydrogen-bond acceptors (Lipinski definition) is 2. The van der Waals surface area contributed by atoms with Crippen LogP contribution in [-0.4, -0.2) is 12.6 Å². The van der Waals surface area contributed by atoms with Crippen LogP contribution in [0.15, 0.2) is 12.2 Å². The molecule has 0 aromatic rings. The molecule has 0 bridgehead atoms. The number of carbonyl (C=O) groups excluding carboxylic acids is 1. The number of esters is 1. The predicted molar refractivity (Wildman–Crippen MR) is 54.5 cm³/mol. The first-order valence-electron chi connectivity index (χ1n) is 4.65. The minimum atomic E-state index is -0.386. The maximum Gasteiger partial charge on any atom is 0.311 e. The fourth-order valence-electron chi connectivity index (χ4n) is 0.755. The van der Waals surface area contributed by atoms with Crippen LogP contribution >= 0.6 is 0 Å². The molecule has 0 unspecified atom stereocenters. The van der Waals surface area contributed by atoms with E-state index < -0.39 is 0 Å². The maximum absolute atomic E-state index is 11.3. The largest absolute Gasteiger partial charge is 0.465 e. The van der Waals surface area contributed by atoms with Crippen molar-refractivity contribution in [3.63, 3.8) is 0 Å². The molecule has 0 aliphatic rings. The minimum Gasteiger partial charge on any atom is -0.465 e. The second kappa shape index (κ2) is 5.05. The van der Waals surface area contributed by atoms with E-state index in [0.29, 0.717) is 6.61 Å². The van der Waals surface area contributed by atoms with Gasteiger partial charge in [-0.25, -0.2) is 0 Å². The van der Waals surface area contributed by atoms with Crippen LogP contribution < -0.4 is 0 Å². The van der Waals surface area contributed by atoms with E-state index in [1.807, 2.05) is 27.7 Å². The van der Waals surface area contributed by atoms with Crippen molar-refractivity contribution in [3.8, 4) is 0 Å². The van der Waals surface area contributed by atoms with Gasteiger partial charge in [0.05, 0.1) is 12.0 Å². The van der Waals surface area contributed by atoms with Crippen molar-refractivity contribution in [2.45, 2.75) is 40.5 Å². The Balaban J connectivity index is 3.55. The second-order valence-electron chi connectivity index (χ2n) is 4.45. The number of ether oxygens (including phenoxy) is 1. The quantitative estimate of drug-likeness (QED) is 0.381. The molecule has 0 amide bonds. The van der Waals surface area contributed by atoms with Gasteiger partial charge in [0.25, 0.3) is 0 Å². The Labute approximate surface area is 81.0 Å². The first-order valence-corrected chi connectivity index (χ1v) is 4.65. The summed E-state index contributed by atoms with van der Waals surface area (Å²) < 4.78 is 5.08. The normalized spacial score (nSPS) is 11.1. The van der Waals surface area contributed by atoms with Crippen LogP contribution in [0.25, 0.3) is 0 Å². The Morgan fingerprint density at radius 3 is 2.31 bits per heavy atom. The highest BCUT2D eigenvalue weighted by Crippen LogP contribution is 2.15. The van der Waals surface area contributed by atoms with Gasteiger partial charge in [0.15, 0.2) is 0 Å². The molecule has 0 heterocycles. The van der Waals surface area contributed by atoms with Crippen LogP contribution in [-0.2, 0) is 9.53 Å². The van der Waals surface area contributed by atoms with E-state index in [4.69, 9.17) is 4.74 Å². The summed E-state index contributed by atoms with van der Waals surface area (Å²) in [5.41, 5.74) is 0.746. The Bertz CT molecular complexity index is 187. The molecule has 0 rings (SSSR count). The predicted octanol–water partition coefficient (Wildman–Crippen LogP) is 2.93. The van der Waals surface area contributed by atoms with Crippen molar-refractivity contribution in [1.82, 2.24) is 0 Å². The zero-order valence-corrected chi connectivity index (χ0v) is 9.14. The molecular formula is C11H20O2. The third-order valence-corrected chi connectivity index (χ3v) is 1.59. The highest BCUT2D eigenvalue weighted by atomic mass is 16.5. The molecule has 2 heteroatoms. The lowest BCUT2D eigenvalue weighted by atomic mass is 9.97. The number of carbonyl (C=O) groups is 1. The molecular weight excluding hydrogens is 164 g/mol. The lowest BCUT2D eigenvalue weighted by molar-refractivity contribution is -0.153. The van der Waals surface area contributed by atoms with Crippen molar-refractivity contribution >= 4 is 5.97 Å². The zero-order valence-electron chi connectivity index (χ0n) is 9.14. The van der Waals surface area contributed by atoms with Gasteiger partial charge in [-0.1, -0.05) is 5.57 Å². The molecule has 0 spiro atoms. The van der Waals surface area contributed by atoms with E-state index in [1.54, 1.807) is 0 Å². The van der Waals surface area contributed by atoms with E-state index in [1.165, 1.54) is 0 Å². The summed E-state index contributed by atoms with van der Waals surface area (Å²) in [4.78, 5) is 11.3. The molecule has 0 aromatic carbocycles. The fourth-order valence-corrected chi connectivity index (χ4v) is 0.755. The topological polar surface area (TPSA) is 26.3 Å². The highest BCUT2D eigenvalue weighted by molar-refractivity contribution is 5.75. The third-order valence-electron chi connectivity index (χ3n) is 1.59. The van der Waals surface area contributed by atoms with Gasteiger partial charge >= 0.3 is 5.97 Å². The molecule has 76 valence electrons. The molecule has 0 aliphatic carbocycles. The van der Waals surface area contributed by atoms with Gasteiger partial charge in [0, 0.05) is 0 Å². The lowest BCUT2D eigenvalue weighted by Crippen LogP contribution is -2.23. The second-order valence-corrected chi connectivity index (χ2v) is 4.45. The molecule has 0 saturated carbocycles. The van der Waals surface area contributed by atoms with Crippen LogP contribution in [0, 0.1) is 5.41 Å². The van der Waals surface area contributed by atoms with Crippen molar-refractivity contribution in [1.29, 1.82) is 0 Å². The molecule has 0 fully saturated rings. The molecule has 0 atom stereocenters. The smallest absolute Gasteiger partial charge is 0.311 e. The van der Waals surface area contributed by atoms with Crippen molar-refractivity contribution in [3.05, 3.63) is 12.2 Å². The first kappa shape index (κ1) is 12.2. The van der Waals surface area contributed by atoms with E-state index in [2.05, 4.69) is 6.58 Å². The maximum atomic E-state index is 11.3. The van der Waals surface area contributed by atoms with Gasteiger partial charge in [-0.2, -0.15) is 0 Å². The average molecular weight is 184 g/mol. The van der Waals surface area contributed by atoms with E-state index in [0.717, 1.165) is 18.4 Å². The number of hydrogen-bond donors (Lipinski definition) is 0. The van der Waals surface area contributed by atoms with Gasteiger partial charge in [0.2, 0.25) is 0 Å². The van der Waals surface area contributed by atoms with Gasteiger partial charge < -0.3 is 4.74 Å². The average Bonchev–Trinajstić information content (AvgIpc) is 1.95. The van der Waals surface area contributed by atoms with Crippen LogP contribution in [0.5, 0.6) is 0 Å². The summed E-state index contributed by atoms with van der Waals surface area (Å²) in [6.45, 7) is 11.8. The minimum absolute atomic E-state index is 0.130. The zero-order chi connectivity index (χ0) is 10.5. The summed E-state index contributed by atoms with van der Waals surface area (Å²) in [7, 11) is 0. The summed E-state index contributed by atoms with van der Waals surface area (Å²) in [6.07, 6.45) is 1.80. The first-order chi connectivity index (χ1) is 5.84. The van der Waals surface area contributed by atoms with Gasteiger partial charge in [0.1, 0.15) is 0 Å². The van der Waals surface area contributed by atoms with Crippen molar-refractivity contribution in [2.75, 3.05) is 6.61 Å². The Morgan fingerprint density at radius 1 is 1.38 bits per heavy atom.